The van der Waals surface area contributed by atoms with Gasteiger partial charge in [-0.2, -0.15) is 0 Å². The molecule has 0 saturated heterocycles. The van der Waals surface area contributed by atoms with E-state index in [-0.39, 0.29) is 12.2 Å². The van der Waals surface area contributed by atoms with E-state index in [0.29, 0.717) is 67.4 Å². The Bertz CT molecular complexity index is 1820. The number of carbonyl (C=O) groups is 1. The van der Waals surface area contributed by atoms with E-state index in [1.807, 2.05) is 44.2 Å². The fourth-order valence-corrected chi connectivity index (χ4v) is 5.92. The normalized spacial score (nSPS) is 15.0. The number of thiazole rings is 1. The Morgan fingerprint density at radius 2 is 1.83 bits per heavy atom. The summed E-state index contributed by atoms with van der Waals surface area (Å²) >= 11 is 7.36. The van der Waals surface area contributed by atoms with Gasteiger partial charge in [-0.3, -0.25) is 9.36 Å². The predicted octanol–water partition coefficient (Wildman–Crippen LogP) is 5.51. The average Bonchev–Trinajstić information content (AvgIpc) is 3.53. The number of fused-ring (bicyclic) bond motifs is 1. The predicted molar refractivity (Wildman–Crippen MR) is 158 cm³/mol. The summed E-state index contributed by atoms with van der Waals surface area (Å²) in [5.74, 6) is 1.70. The summed E-state index contributed by atoms with van der Waals surface area (Å²) in [5.41, 5.74) is 1.96. The van der Waals surface area contributed by atoms with Gasteiger partial charge in [-0.05, 0) is 69.7 Å². The summed E-state index contributed by atoms with van der Waals surface area (Å²) in [5, 5.41) is 0.600. The summed E-state index contributed by atoms with van der Waals surface area (Å²) in [6.45, 7) is 8.34. The zero-order valence-electron chi connectivity index (χ0n) is 23.1. The van der Waals surface area contributed by atoms with Crippen molar-refractivity contribution in [2.75, 3.05) is 19.8 Å². The van der Waals surface area contributed by atoms with E-state index in [9.17, 15) is 9.59 Å². The number of halogens is 1. The van der Waals surface area contributed by atoms with Gasteiger partial charge >= 0.3 is 5.97 Å². The topological polar surface area (TPSA) is 92.3 Å². The molecule has 0 fully saturated rings. The number of aromatic nitrogens is 1. The molecule has 0 unspecified atom stereocenters. The van der Waals surface area contributed by atoms with Crippen LogP contribution >= 0.6 is 22.9 Å². The Morgan fingerprint density at radius 1 is 1.05 bits per heavy atom. The van der Waals surface area contributed by atoms with Crippen LogP contribution in [0.2, 0.25) is 5.02 Å². The van der Waals surface area contributed by atoms with Gasteiger partial charge in [0.2, 0.25) is 0 Å². The highest BCUT2D eigenvalue weighted by atomic mass is 35.5. The van der Waals surface area contributed by atoms with E-state index >= 15 is 0 Å². The van der Waals surface area contributed by atoms with Crippen molar-refractivity contribution < 1.29 is 23.4 Å². The number of ether oxygens (including phenoxy) is 3. The van der Waals surface area contributed by atoms with Crippen LogP contribution in [0.4, 0.5) is 0 Å². The first-order valence-corrected chi connectivity index (χ1v) is 14.5. The molecular weight excluding hydrogens is 564 g/mol. The molecule has 5 rings (SSSR count). The first kappa shape index (κ1) is 28.4. The zero-order chi connectivity index (χ0) is 29.1. The maximum Gasteiger partial charge on any atom is 0.338 e. The van der Waals surface area contributed by atoms with E-state index in [2.05, 4.69) is 4.99 Å². The number of hydrogen-bond donors (Lipinski definition) is 0. The number of carbonyl (C=O) groups excluding carboxylic acids is 1. The highest BCUT2D eigenvalue weighted by Crippen LogP contribution is 2.36. The molecule has 0 amide bonds. The van der Waals surface area contributed by atoms with Crippen molar-refractivity contribution >= 4 is 35.0 Å². The van der Waals surface area contributed by atoms with Crippen LogP contribution in [0, 0.1) is 0 Å². The Hall–Kier alpha value is -4.08. The van der Waals surface area contributed by atoms with Crippen molar-refractivity contribution in [2.24, 2.45) is 4.99 Å². The molecule has 0 radical (unpaired) electrons. The molecule has 0 bridgehead atoms. The third-order valence-electron chi connectivity index (χ3n) is 6.41. The number of rotatable bonds is 9. The molecule has 41 heavy (non-hydrogen) atoms. The molecular formula is C31H29ClN2O6S. The second kappa shape index (κ2) is 12.2. The molecule has 2 aromatic carbocycles. The Morgan fingerprint density at radius 3 is 2.56 bits per heavy atom. The molecule has 8 nitrogen and oxygen atoms in total. The summed E-state index contributed by atoms with van der Waals surface area (Å²) < 4.78 is 24.9. The Labute approximate surface area is 245 Å². The lowest BCUT2D eigenvalue weighted by molar-refractivity contribution is -0.139. The number of nitrogens with zero attached hydrogens (tertiary/aromatic N) is 2. The first-order chi connectivity index (χ1) is 19.8. The molecule has 0 spiro atoms. The van der Waals surface area contributed by atoms with E-state index in [4.69, 9.17) is 30.2 Å². The molecule has 10 heteroatoms. The minimum atomic E-state index is -0.777. The zero-order valence-corrected chi connectivity index (χ0v) is 24.7. The molecule has 212 valence electrons. The Kier molecular flexibility index (Phi) is 8.46. The second-order valence-electron chi connectivity index (χ2n) is 9.09. The highest BCUT2D eigenvalue weighted by molar-refractivity contribution is 7.07. The molecule has 1 atom stereocenters. The van der Waals surface area contributed by atoms with Crippen LogP contribution in [0.1, 0.15) is 45.1 Å². The van der Waals surface area contributed by atoms with Gasteiger partial charge < -0.3 is 18.6 Å². The molecule has 4 aromatic rings. The minimum absolute atomic E-state index is 0.188. The summed E-state index contributed by atoms with van der Waals surface area (Å²) in [7, 11) is 0. The van der Waals surface area contributed by atoms with Crippen molar-refractivity contribution in [1.29, 1.82) is 0 Å². The van der Waals surface area contributed by atoms with Gasteiger partial charge in [0, 0.05) is 16.7 Å². The third-order valence-corrected chi connectivity index (χ3v) is 7.63. The number of allylic oxidation sites excluding steroid dienone is 1. The minimum Gasteiger partial charge on any atom is -0.490 e. The fraction of sp³-hybridized carbons (Fsp3) is 0.258. The van der Waals surface area contributed by atoms with Crippen molar-refractivity contribution in [3.63, 3.8) is 0 Å². The van der Waals surface area contributed by atoms with Gasteiger partial charge in [-0.15, -0.1) is 0 Å². The molecule has 3 heterocycles. The third kappa shape index (κ3) is 5.73. The van der Waals surface area contributed by atoms with Crippen LogP contribution in [0.3, 0.4) is 0 Å². The number of benzene rings is 2. The second-order valence-corrected chi connectivity index (χ2v) is 10.5. The van der Waals surface area contributed by atoms with E-state index < -0.39 is 12.0 Å². The smallest absolute Gasteiger partial charge is 0.338 e. The van der Waals surface area contributed by atoms with Gasteiger partial charge in [0.15, 0.2) is 16.3 Å². The van der Waals surface area contributed by atoms with Gasteiger partial charge in [-0.25, -0.2) is 9.79 Å². The van der Waals surface area contributed by atoms with Crippen molar-refractivity contribution in [3.05, 3.63) is 102 Å². The van der Waals surface area contributed by atoms with E-state index in [1.165, 1.54) is 15.9 Å². The van der Waals surface area contributed by atoms with Crippen molar-refractivity contribution in [2.45, 2.75) is 33.7 Å². The van der Waals surface area contributed by atoms with Gasteiger partial charge in [0.1, 0.15) is 11.5 Å². The number of furan rings is 1. The lowest BCUT2D eigenvalue weighted by atomic mass is 9.95. The summed E-state index contributed by atoms with van der Waals surface area (Å²) in [6.07, 6.45) is 1.68. The van der Waals surface area contributed by atoms with Crippen LogP contribution in [0.15, 0.2) is 80.1 Å². The molecule has 1 aliphatic heterocycles. The summed E-state index contributed by atoms with van der Waals surface area (Å²) in [4.78, 5) is 32.2. The van der Waals surface area contributed by atoms with E-state index in [1.54, 1.807) is 44.2 Å². The maximum absolute atomic E-state index is 13.9. The quantitative estimate of drug-likeness (QED) is 0.238. The first-order valence-electron chi connectivity index (χ1n) is 13.3. The van der Waals surface area contributed by atoms with Gasteiger partial charge in [0.05, 0.1) is 41.7 Å². The molecule has 0 N–H and O–H groups in total. The van der Waals surface area contributed by atoms with Crippen molar-refractivity contribution in [3.8, 4) is 22.8 Å². The number of hydrogen-bond acceptors (Lipinski definition) is 8. The van der Waals surface area contributed by atoms with Crippen LogP contribution in [0.25, 0.3) is 17.4 Å². The van der Waals surface area contributed by atoms with Crippen LogP contribution in [0.5, 0.6) is 11.5 Å². The average molecular weight is 593 g/mol. The maximum atomic E-state index is 13.9. The Balaban J connectivity index is 1.65. The fourth-order valence-electron chi connectivity index (χ4n) is 4.70. The SMILES string of the molecule is CCOC(=O)C1=C(C)N=c2s/c(=C/c3ccc(-c4cccc(Cl)c4)o3)c(=O)n2[C@@H]1c1ccc(OCC)c(OCC)c1. The van der Waals surface area contributed by atoms with E-state index in [0.717, 1.165) is 5.56 Å². The molecule has 2 aromatic heterocycles. The number of esters is 1. The molecule has 0 saturated carbocycles. The highest BCUT2D eigenvalue weighted by Gasteiger charge is 2.34. The molecule has 0 aliphatic carbocycles. The lowest BCUT2D eigenvalue weighted by Gasteiger charge is -2.25. The molecule has 1 aliphatic rings. The largest absolute Gasteiger partial charge is 0.490 e. The standard InChI is InChI=1S/C31H29ClN2O6S/c1-5-37-24-13-11-20(16-25(24)38-6-2)28-27(30(36)39-7-3)18(4)33-31-34(28)29(35)26(41-31)17-22-12-14-23(40-22)19-9-8-10-21(32)15-19/h8-17,28H,5-7H2,1-4H3/b26-17+/t28-/m1/s1. The van der Waals surface area contributed by atoms with Crippen LogP contribution in [-0.2, 0) is 9.53 Å². The van der Waals surface area contributed by atoms with Crippen molar-refractivity contribution in [1.82, 2.24) is 4.57 Å². The van der Waals surface area contributed by atoms with Crippen LogP contribution in [-0.4, -0.2) is 30.4 Å². The lowest BCUT2D eigenvalue weighted by Crippen LogP contribution is -2.40. The van der Waals surface area contributed by atoms with Gasteiger partial charge in [-0.1, -0.05) is 41.1 Å². The summed E-state index contributed by atoms with van der Waals surface area (Å²) in [6, 6.07) is 15.6. The van der Waals surface area contributed by atoms with Gasteiger partial charge in [0.25, 0.3) is 5.56 Å². The van der Waals surface area contributed by atoms with Crippen LogP contribution < -0.4 is 24.4 Å². The monoisotopic (exact) mass is 592 g/mol.